The lowest BCUT2D eigenvalue weighted by Gasteiger charge is -2.09. The van der Waals surface area contributed by atoms with Gasteiger partial charge < -0.3 is 15.5 Å². The molecule has 0 spiro atoms. The average Bonchev–Trinajstić information content (AvgIpc) is 2.39. The van der Waals surface area contributed by atoms with E-state index >= 15 is 0 Å². The lowest BCUT2D eigenvalue weighted by Crippen LogP contribution is -2.15. The van der Waals surface area contributed by atoms with Gasteiger partial charge in [-0.1, -0.05) is 30.8 Å². The standard InChI is InChI=1S/C15H13NO4/c1-9(15(19)20)8-14(18)16-12-6-2-5-11-10(12)4-3-7-13(11)17/h2-7,17H,1,8H2,(H,16,18)(H,19,20). The molecule has 0 heterocycles. The van der Waals surface area contributed by atoms with Gasteiger partial charge in [0.1, 0.15) is 5.75 Å². The van der Waals surface area contributed by atoms with Gasteiger partial charge in [-0.2, -0.15) is 0 Å². The van der Waals surface area contributed by atoms with Gasteiger partial charge in [-0.05, 0) is 12.1 Å². The summed E-state index contributed by atoms with van der Waals surface area (Å²) in [6.45, 7) is 3.31. The molecule has 102 valence electrons. The van der Waals surface area contributed by atoms with Gasteiger partial charge in [-0.3, -0.25) is 4.79 Å². The maximum atomic E-state index is 11.8. The normalized spacial score (nSPS) is 10.2. The van der Waals surface area contributed by atoms with Gasteiger partial charge in [0.25, 0.3) is 0 Å². The van der Waals surface area contributed by atoms with E-state index in [0.29, 0.717) is 16.5 Å². The molecule has 0 radical (unpaired) electrons. The third-order valence-corrected chi connectivity index (χ3v) is 2.85. The first-order chi connectivity index (χ1) is 9.49. The maximum Gasteiger partial charge on any atom is 0.331 e. The van der Waals surface area contributed by atoms with Crippen LogP contribution in [0.3, 0.4) is 0 Å². The topological polar surface area (TPSA) is 86.6 Å². The molecule has 1 amide bonds. The summed E-state index contributed by atoms with van der Waals surface area (Å²) >= 11 is 0. The van der Waals surface area contributed by atoms with Gasteiger partial charge in [-0.25, -0.2) is 4.79 Å². The van der Waals surface area contributed by atoms with Crippen LogP contribution in [-0.2, 0) is 9.59 Å². The number of hydrogen-bond acceptors (Lipinski definition) is 3. The predicted molar refractivity (Wildman–Crippen MR) is 75.6 cm³/mol. The summed E-state index contributed by atoms with van der Waals surface area (Å²) in [7, 11) is 0. The number of phenols is 1. The molecule has 3 N–H and O–H groups in total. The van der Waals surface area contributed by atoms with E-state index in [2.05, 4.69) is 11.9 Å². The molecular formula is C15H13NO4. The molecule has 0 saturated carbocycles. The zero-order valence-corrected chi connectivity index (χ0v) is 10.6. The molecule has 0 atom stereocenters. The van der Waals surface area contributed by atoms with Crippen LogP contribution in [0.1, 0.15) is 6.42 Å². The first-order valence-corrected chi connectivity index (χ1v) is 5.90. The monoisotopic (exact) mass is 271 g/mol. The molecule has 0 aliphatic heterocycles. The SMILES string of the molecule is C=C(CC(=O)Nc1cccc2c(O)cccc12)C(=O)O. The lowest BCUT2D eigenvalue weighted by molar-refractivity contribution is -0.133. The van der Waals surface area contributed by atoms with Crippen LogP contribution in [-0.4, -0.2) is 22.1 Å². The van der Waals surface area contributed by atoms with Crippen molar-refractivity contribution in [1.82, 2.24) is 0 Å². The highest BCUT2D eigenvalue weighted by Crippen LogP contribution is 2.29. The van der Waals surface area contributed by atoms with Crippen molar-refractivity contribution in [3.8, 4) is 5.75 Å². The molecule has 0 saturated heterocycles. The number of carbonyl (C=O) groups excluding carboxylic acids is 1. The highest BCUT2D eigenvalue weighted by atomic mass is 16.4. The van der Waals surface area contributed by atoms with E-state index in [1.54, 1.807) is 36.4 Å². The smallest absolute Gasteiger partial charge is 0.331 e. The van der Waals surface area contributed by atoms with Crippen LogP contribution in [0.4, 0.5) is 5.69 Å². The number of carboxylic acid groups (broad SMARTS) is 1. The molecule has 0 aliphatic rings. The minimum atomic E-state index is -1.20. The number of rotatable bonds is 4. The number of amides is 1. The summed E-state index contributed by atoms with van der Waals surface area (Å²) in [5.74, 6) is -1.54. The molecule has 2 aromatic rings. The second-order valence-electron chi connectivity index (χ2n) is 4.31. The molecule has 0 fully saturated rings. The molecule has 0 aromatic heterocycles. The number of hydrogen-bond donors (Lipinski definition) is 3. The maximum absolute atomic E-state index is 11.8. The fourth-order valence-corrected chi connectivity index (χ4v) is 1.87. The quantitative estimate of drug-likeness (QED) is 0.746. The van der Waals surface area contributed by atoms with E-state index in [1.807, 2.05) is 0 Å². The highest BCUT2D eigenvalue weighted by molar-refractivity contribution is 6.06. The third-order valence-electron chi connectivity index (χ3n) is 2.85. The largest absolute Gasteiger partial charge is 0.507 e. The molecule has 5 nitrogen and oxygen atoms in total. The zero-order valence-electron chi connectivity index (χ0n) is 10.6. The number of aromatic hydroxyl groups is 1. The van der Waals surface area contributed by atoms with Crippen molar-refractivity contribution in [2.75, 3.05) is 5.32 Å². The van der Waals surface area contributed by atoms with Crippen LogP contribution in [0.2, 0.25) is 0 Å². The van der Waals surface area contributed by atoms with Crippen molar-refractivity contribution < 1.29 is 19.8 Å². The molecule has 2 rings (SSSR count). The summed E-state index contributed by atoms with van der Waals surface area (Å²) in [5.41, 5.74) is 0.340. The van der Waals surface area contributed by atoms with Gasteiger partial charge >= 0.3 is 5.97 Å². The van der Waals surface area contributed by atoms with E-state index in [9.17, 15) is 14.7 Å². The summed E-state index contributed by atoms with van der Waals surface area (Å²) in [5, 5.41) is 22.4. The Morgan fingerprint density at radius 3 is 2.45 bits per heavy atom. The molecule has 0 bridgehead atoms. The number of benzene rings is 2. The Hall–Kier alpha value is -2.82. The molecule has 0 unspecified atom stereocenters. The van der Waals surface area contributed by atoms with Crippen molar-refractivity contribution in [2.45, 2.75) is 6.42 Å². The van der Waals surface area contributed by atoms with Crippen LogP contribution in [0, 0.1) is 0 Å². The number of carbonyl (C=O) groups is 2. The molecule has 5 heteroatoms. The first-order valence-electron chi connectivity index (χ1n) is 5.90. The highest BCUT2D eigenvalue weighted by Gasteiger charge is 2.12. The summed E-state index contributed by atoms with van der Waals surface area (Å²) < 4.78 is 0. The minimum absolute atomic E-state index is 0.119. The van der Waals surface area contributed by atoms with Gasteiger partial charge in [0.15, 0.2) is 0 Å². The van der Waals surface area contributed by atoms with Crippen molar-refractivity contribution >= 4 is 28.3 Å². The lowest BCUT2D eigenvalue weighted by atomic mass is 10.1. The molecule has 0 aliphatic carbocycles. The number of anilines is 1. The molecule has 20 heavy (non-hydrogen) atoms. The second kappa shape index (κ2) is 5.44. The van der Waals surface area contributed by atoms with E-state index in [1.165, 1.54) is 0 Å². The Labute approximate surface area is 115 Å². The first kappa shape index (κ1) is 13.6. The van der Waals surface area contributed by atoms with Gasteiger partial charge in [0, 0.05) is 22.0 Å². The van der Waals surface area contributed by atoms with E-state index in [-0.39, 0.29) is 17.7 Å². The minimum Gasteiger partial charge on any atom is -0.507 e. The molecular weight excluding hydrogens is 258 g/mol. The second-order valence-corrected chi connectivity index (χ2v) is 4.31. The Balaban J connectivity index is 2.26. The van der Waals surface area contributed by atoms with Gasteiger partial charge in [-0.15, -0.1) is 0 Å². The fourth-order valence-electron chi connectivity index (χ4n) is 1.87. The fraction of sp³-hybridized carbons (Fsp3) is 0.0667. The van der Waals surface area contributed by atoms with Crippen LogP contribution < -0.4 is 5.32 Å². The zero-order chi connectivity index (χ0) is 14.7. The number of fused-ring (bicyclic) bond motifs is 1. The van der Waals surface area contributed by atoms with Crippen molar-refractivity contribution in [2.24, 2.45) is 0 Å². The average molecular weight is 271 g/mol. The summed E-state index contributed by atoms with van der Waals surface area (Å²) in [6, 6.07) is 10.1. The van der Waals surface area contributed by atoms with E-state index in [0.717, 1.165) is 0 Å². The van der Waals surface area contributed by atoms with Crippen LogP contribution >= 0.6 is 0 Å². The number of aliphatic carboxylic acids is 1. The third kappa shape index (κ3) is 2.77. The van der Waals surface area contributed by atoms with Crippen molar-refractivity contribution in [3.05, 3.63) is 48.6 Å². The van der Waals surface area contributed by atoms with E-state index in [4.69, 9.17) is 5.11 Å². The number of nitrogens with one attached hydrogen (secondary N) is 1. The van der Waals surface area contributed by atoms with Crippen molar-refractivity contribution in [1.29, 1.82) is 0 Å². The Bertz CT molecular complexity index is 706. The van der Waals surface area contributed by atoms with E-state index < -0.39 is 11.9 Å². The van der Waals surface area contributed by atoms with Gasteiger partial charge in [0.2, 0.25) is 5.91 Å². The predicted octanol–water partition coefficient (Wildman–Crippen LogP) is 2.51. The summed E-state index contributed by atoms with van der Waals surface area (Å²) in [4.78, 5) is 22.4. The number of carboxylic acids is 1. The summed E-state index contributed by atoms with van der Waals surface area (Å²) in [6.07, 6.45) is -0.287. The van der Waals surface area contributed by atoms with Gasteiger partial charge in [0.05, 0.1) is 6.42 Å². The Morgan fingerprint density at radius 2 is 1.75 bits per heavy atom. The van der Waals surface area contributed by atoms with Crippen molar-refractivity contribution in [3.63, 3.8) is 0 Å². The van der Waals surface area contributed by atoms with Crippen LogP contribution in [0.15, 0.2) is 48.6 Å². The molecule has 2 aromatic carbocycles. The van der Waals surface area contributed by atoms with Crippen LogP contribution in [0.5, 0.6) is 5.75 Å². The number of phenolic OH excluding ortho intramolecular Hbond substituents is 1. The Morgan fingerprint density at radius 1 is 1.10 bits per heavy atom. The Kier molecular flexibility index (Phi) is 3.70. The van der Waals surface area contributed by atoms with Crippen LogP contribution in [0.25, 0.3) is 10.8 Å².